The van der Waals surface area contributed by atoms with Gasteiger partial charge in [0.25, 0.3) is 0 Å². The summed E-state index contributed by atoms with van der Waals surface area (Å²) in [7, 11) is 1.60. The number of rotatable bonds is 6. The second-order valence-electron chi connectivity index (χ2n) is 6.16. The van der Waals surface area contributed by atoms with E-state index in [0.29, 0.717) is 31.0 Å². The Morgan fingerprint density at radius 1 is 1.58 bits per heavy atom. The van der Waals surface area contributed by atoms with Gasteiger partial charge in [0.15, 0.2) is 0 Å². The maximum atomic E-state index is 12.2. The van der Waals surface area contributed by atoms with Crippen LogP contribution in [0.15, 0.2) is 15.6 Å². The Kier molecular flexibility index (Phi) is 4.84. The SMILES string of the molecule is COCC1=NCC(SC2=C(C(=O)O)N3C(=O)C(C(C)O)[C@H]3C2)CN1. The lowest BCUT2D eigenvalue weighted by molar-refractivity contribution is -0.161. The number of aliphatic carboxylic acids is 1. The summed E-state index contributed by atoms with van der Waals surface area (Å²) in [5, 5.41) is 22.5. The average molecular weight is 355 g/mol. The van der Waals surface area contributed by atoms with Crippen LogP contribution in [0.3, 0.4) is 0 Å². The molecule has 0 bridgehead atoms. The van der Waals surface area contributed by atoms with E-state index in [1.54, 1.807) is 14.0 Å². The molecule has 0 saturated carbocycles. The molecule has 8 nitrogen and oxygen atoms in total. The second kappa shape index (κ2) is 6.73. The van der Waals surface area contributed by atoms with Crippen molar-refractivity contribution in [1.82, 2.24) is 10.2 Å². The molecule has 0 radical (unpaired) electrons. The average Bonchev–Trinajstić information content (AvgIpc) is 2.83. The van der Waals surface area contributed by atoms with Gasteiger partial charge in [-0.3, -0.25) is 9.79 Å². The normalized spacial score (nSPS) is 30.5. The van der Waals surface area contributed by atoms with Crippen molar-refractivity contribution in [1.29, 1.82) is 0 Å². The maximum absolute atomic E-state index is 12.2. The topological polar surface area (TPSA) is 111 Å². The van der Waals surface area contributed by atoms with Crippen LogP contribution in [0.25, 0.3) is 0 Å². The molecule has 1 amide bonds. The Morgan fingerprint density at radius 3 is 2.88 bits per heavy atom. The van der Waals surface area contributed by atoms with E-state index in [1.807, 2.05) is 0 Å². The van der Waals surface area contributed by atoms with Crippen molar-refractivity contribution >= 4 is 29.5 Å². The number of fused-ring (bicyclic) bond motifs is 1. The van der Waals surface area contributed by atoms with Gasteiger partial charge >= 0.3 is 5.97 Å². The van der Waals surface area contributed by atoms with Crippen LogP contribution in [-0.4, -0.2) is 77.0 Å². The highest BCUT2D eigenvalue weighted by atomic mass is 32.2. The third-order valence-electron chi connectivity index (χ3n) is 4.50. The maximum Gasteiger partial charge on any atom is 0.353 e. The van der Waals surface area contributed by atoms with Crippen LogP contribution >= 0.6 is 11.8 Å². The highest BCUT2D eigenvalue weighted by molar-refractivity contribution is 8.03. The smallest absolute Gasteiger partial charge is 0.353 e. The summed E-state index contributed by atoms with van der Waals surface area (Å²) in [5.74, 6) is -1.11. The van der Waals surface area contributed by atoms with Crippen LogP contribution in [0, 0.1) is 5.92 Å². The zero-order chi connectivity index (χ0) is 17.4. The lowest BCUT2D eigenvalue weighted by Crippen LogP contribution is -2.61. The van der Waals surface area contributed by atoms with Crippen LogP contribution in [0.2, 0.25) is 0 Å². The number of aliphatic hydroxyl groups excluding tert-OH is 1. The largest absolute Gasteiger partial charge is 0.477 e. The molecular formula is C15H21N3O5S. The number of carbonyl (C=O) groups excluding carboxylic acids is 1. The Labute approximate surface area is 143 Å². The monoisotopic (exact) mass is 355 g/mol. The summed E-state index contributed by atoms with van der Waals surface area (Å²) < 4.78 is 5.03. The van der Waals surface area contributed by atoms with Crippen molar-refractivity contribution < 1.29 is 24.5 Å². The predicted octanol–water partition coefficient (Wildman–Crippen LogP) is -0.356. The first-order valence-corrected chi connectivity index (χ1v) is 8.72. The summed E-state index contributed by atoms with van der Waals surface area (Å²) in [6.07, 6.45) is -0.283. The standard InChI is InChI=1S/C15H21N3O5S/c1-7(19)12-9-3-10(13(15(21)22)18(9)14(12)20)24-8-4-16-11(6-23-2)17-5-8/h7-9,12,19H,3-6H2,1-2H3,(H,16,17)(H,21,22)/t7?,9-,12?/m1/s1. The number of methoxy groups -OCH3 is 1. The molecule has 132 valence electrons. The van der Waals surface area contributed by atoms with Gasteiger partial charge in [-0.25, -0.2) is 4.79 Å². The Balaban J connectivity index is 1.72. The summed E-state index contributed by atoms with van der Waals surface area (Å²) in [5.41, 5.74) is 0.0681. The van der Waals surface area contributed by atoms with E-state index >= 15 is 0 Å². The number of thioether (sulfide) groups is 1. The summed E-state index contributed by atoms with van der Waals surface area (Å²) >= 11 is 1.46. The first-order valence-electron chi connectivity index (χ1n) is 7.84. The molecule has 24 heavy (non-hydrogen) atoms. The fourth-order valence-corrected chi connectivity index (χ4v) is 4.70. The van der Waals surface area contributed by atoms with Crippen LogP contribution in [-0.2, 0) is 14.3 Å². The quantitative estimate of drug-likeness (QED) is 0.558. The van der Waals surface area contributed by atoms with E-state index < -0.39 is 18.0 Å². The number of carboxylic acid groups (broad SMARTS) is 1. The Hall–Kier alpha value is -1.58. The molecule has 0 spiro atoms. The predicted molar refractivity (Wildman–Crippen MR) is 88.6 cm³/mol. The summed E-state index contributed by atoms with van der Waals surface area (Å²) in [6, 6.07) is -0.241. The molecule has 1 saturated heterocycles. The van der Waals surface area contributed by atoms with Crippen molar-refractivity contribution in [3.8, 4) is 0 Å². The van der Waals surface area contributed by atoms with E-state index in [4.69, 9.17) is 4.74 Å². The number of hydrogen-bond donors (Lipinski definition) is 3. The van der Waals surface area contributed by atoms with Crippen molar-refractivity contribution in [2.45, 2.75) is 30.7 Å². The van der Waals surface area contributed by atoms with Gasteiger partial charge in [-0.1, -0.05) is 0 Å². The Bertz CT molecular complexity index is 618. The minimum Gasteiger partial charge on any atom is -0.477 e. The van der Waals surface area contributed by atoms with Gasteiger partial charge in [-0.15, -0.1) is 11.8 Å². The lowest BCUT2D eigenvalue weighted by Gasteiger charge is -2.44. The van der Waals surface area contributed by atoms with Crippen LogP contribution < -0.4 is 5.32 Å². The van der Waals surface area contributed by atoms with Gasteiger partial charge in [0.05, 0.1) is 24.6 Å². The minimum atomic E-state index is -1.09. The van der Waals surface area contributed by atoms with E-state index in [9.17, 15) is 19.8 Å². The minimum absolute atomic E-state index is 0.0681. The van der Waals surface area contributed by atoms with Crippen molar-refractivity contribution in [3.05, 3.63) is 10.6 Å². The van der Waals surface area contributed by atoms with E-state index in [1.165, 1.54) is 16.7 Å². The summed E-state index contributed by atoms with van der Waals surface area (Å²) in [4.78, 5) is 30.2. The number of carbonyl (C=O) groups is 2. The van der Waals surface area contributed by atoms with E-state index in [0.717, 1.165) is 5.84 Å². The van der Waals surface area contributed by atoms with Crippen molar-refractivity contribution in [3.63, 3.8) is 0 Å². The van der Waals surface area contributed by atoms with Gasteiger partial charge in [0, 0.05) is 30.2 Å². The highest BCUT2D eigenvalue weighted by Crippen LogP contribution is 2.47. The first-order chi connectivity index (χ1) is 11.4. The zero-order valence-electron chi connectivity index (χ0n) is 13.6. The molecule has 0 aromatic heterocycles. The number of nitrogens with zero attached hydrogens (tertiary/aromatic N) is 2. The number of amidine groups is 1. The second-order valence-corrected chi connectivity index (χ2v) is 7.56. The number of carboxylic acids is 1. The van der Waals surface area contributed by atoms with Crippen LogP contribution in [0.4, 0.5) is 0 Å². The number of β-lactam (4-membered cyclic amide) rings is 1. The number of aliphatic hydroxyl groups is 1. The highest BCUT2D eigenvalue weighted by Gasteiger charge is 2.56. The van der Waals surface area contributed by atoms with Gasteiger partial charge < -0.3 is 25.2 Å². The van der Waals surface area contributed by atoms with Gasteiger partial charge in [0.2, 0.25) is 5.91 Å². The molecule has 1 fully saturated rings. The molecule has 3 N–H and O–H groups in total. The number of amides is 1. The third kappa shape index (κ3) is 2.91. The Morgan fingerprint density at radius 2 is 2.33 bits per heavy atom. The molecule has 3 rings (SSSR count). The molecule has 9 heteroatoms. The molecule has 0 aliphatic carbocycles. The molecule has 3 heterocycles. The van der Waals surface area contributed by atoms with Crippen molar-refractivity contribution in [2.75, 3.05) is 26.8 Å². The van der Waals surface area contributed by atoms with Gasteiger partial charge in [-0.05, 0) is 6.92 Å². The van der Waals surface area contributed by atoms with Crippen molar-refractivity contribution in [2.24, 2.45) is 10.9 Å². The zero-order valence-corrected chi connectivity index (χ0v) is 14.4. The molecular weight excluding hydrogens is 334 g/mol. The number of aliphatic imine (C=N–C) groups is 1. The van der Waals surface area contributed by atoms with Crippen LogP contribution in [0.5, 0.6) is 0 Å². The lowest BCUT2D eigenvalue weighted by atomic mass is 9.83. The van der Waals surface area contributed by atoms with Crippen LogP contribution in [0.1, 0.15) is 13.3 Å². The molecule has 0 aromatic carbocycles. The fraction of sp³-hybridized carbons (Fsp3) is 0.667. The fourth-order valence-electron chi connectivity index (χ4n) is 3.41. The molecule has 3 unspecified atom stereocenters. The number of ether oxygens (including phenoxy) is 1. The summed E-state index contributed by atoms with van der Waals surface area (Å²) in [6.45, 7) is 3.25. The van der Waals surface area contributed by atoms with Gasteiger partial charge in [-0.2, -0.15) is 0 Å². The van der Waals surface area contributed by atoms with E-state index in [-0.39, 0.29) is 22.9 Å². The number of nitrogens with one attached hydrogen (secondary N) is 1. The molecule has 4 atom stereocenters. The van der Waals surface area contributed by atoms with E-state index in [2.05, 4.69) is 10.3 Å². The molecule has 0 aromatic rings. The molecule has 3 aliphatic rings. The molecule has 3 aliphatic heterocycles. The number of hydrogen-bond acceptors (Lipinski definition) is 7. The van der Waals surface area contributed by atoms with Gasteiger partial charge in [0.1, 0.15) is 18.1 Å². The first kappa shape index (κ1) is 17.2. The third-order valence-corrected chi connectivity index (χ3v) is 5.79.